The van der Waals surface area contributed by atoms with Crippen LogP contribution in [0.15, 0.2) is 60.7 Å². The third-order valence-corrected chi connectivity index (χ3v) is 6.01. The zero-order valence-corrected chi connectivity index (χ0v) is 18.9. The fourth-order valence-corrected chi connectivity index (χ4v) is 4.10. The smallest absolute Gasteiger partial charge is 0.224 e. The molecule has 1 amide bonds. The maximum atomic E-state index is 12.7. The van der Waals surface area contributed by atoms with Crippen molar-refractivity contribution in [3.8, 4) is 17.0 Å². The van der Waals surface area contributed by atoms with Crippen LogP contribution in [0.25, 0.3) is 11.3 Å². The van der Waals surface area contributed by atoms with Crippen molar-refractivity contribution in [2.45, 2.75) is 19.3 Å². The molecular formula is C25H27ClN4O2. The van der Waals surface area contributed by atoms with Gasteiger partial charge in [-0.1, -0.05) is 35.9 Å². The summed E-state index contributed by atoms with van der Waals surface area (Å²) in [5.41, 5.74) is 2.92. The van der Waals surface area contributed by atoms with Crippen LogP contribution >= 0.6 is 11.6 Å². The highest BCUT2D eigenvalue weighted by molar-refractivity contribution is 6.30. The lowest BCUT2D eigenvalue weighted by atomic mass is 9.97. The molecule has 1 saturated heterocycles. The second-order valence-electron chi connectivity index (χ2n) is 7.96. The Morgan fingerprint density at radius 1 is 1.16 bits per heavy atom. The maximum Gasteiger partial charge on any atom is 0.224 e. The Morgan fingerprint density at radius 2 is 2.00 bits per heavy atom. The summed E-state index contributed by atoms with van der Waals surface area (Å²) in [5.74, 6) is 1.69. The molecule has 7 heteroatoms. The number of benzene rings is 2. The summed E-state index contributed by atoms with van der Waals surface area (Å²) in [5, 5.41) is 12.6. The Hall–Kier alpha value is -3.12. The van der Waals surface area contributed by atoms with Crippen LogP contribution in [0.5, 0.6) is 5.75 Å². The zero-order chi connectivity index (χ0) is 22.3. The van der Waals surface area contributed by atoms with Gasteiger partial charge in [0.15, 0.2) is 5.82 Å². The van der Waals surface area contributed by atoms with E-state index in [9.17, 15) is 4.79 Å². The van der Waals surface area contributed by atoms with E-state index in [1.807, 2.05) is 60.7 Å². The van der Waals surface area contributed by atoms with Gasteiger partial charge in [-0.3, -0.25) is 4.79 Å². The van der Waals surface area contributed by atoms with Gasteiger partial charge in [0.1, 0.15) is 5.75 Å². The van der Waals surface area contributed by atoms with Gasteiger partial charge in [0.2, 0.25) is 5.91 Å². The maximum absolute atomic E-state index is 12.7. The first kappa shape index (κ1) is 22.1. The molecule has 32 heavy (non-hydrogen) atoms. The normalized spacial score (nSPS) is 15.9. The standard InChI is InChI=1S/C25H27ClN4O2/c1-32-22-6-2-4-18(16-22)13-14-27-25(31)20-5-3-15-30(17-20)24-12-11-23(28-29-24)19-7-9-21(26)10-8-19/h2,4,6-12,16,20H,3,5,13-15,17H2,1H3,(H,27,31). The van der Waals surface area contributed by atoms with Gasteiger partial charge in [-0.15, -0.1) is 10.2 Å². The average molecular weight is 451 g/mol. The molecule has 1 aliphatic rings. The Labute approximate surface area is 193 Å². The van der Waals surface area contributed by atoms with Crippen molar-refractivity contribution < 1.29 is 9.53 Å². The van der Waals surface area contributed by atoms with Crippen LogP contribution in [0, 0.1) is 5.92 Å². The van der Waals surface area contributed by atoms with E-state index in [0.29, 0.717) is 18.1 Å². The number of carbonyl (C=O) groups excluding carboxylic acids is 1. The molecule has 0 radical (unpaired) electrons. The minimum Gasteiger partial charge on any atom is -0.497 e. The molecule has 0 aliphatic carbocycles. The van der Waals surface area contributed by atoms with E-state index in [1.165, 1.54) is 0 Å². The number of hydrogen-bond donors (Lipinski definition) is 1. The summed E-state index contributed by atoms with van der Waals surface area (Å²) < 4.78 is 5.26. The summed E-state index contributed by atoms with van der Waals surface area (Å²) in [6, 6.07) is 19.4. The molecule has 3 aromatic rings. The lowest BCUT2D eigenvalue weighted by molar-refractivity contribution is -0.125. The molecule has 1 fully saturated rings. The van der Waals surface area contributed by atoms with Crippen molar-refractivity contribution in [3.05, 3.63) is 71.2 Å². The van der Waals surface area contributed by atoms with E-state index >= 15 is 0 Å². The number of piperidine rings is 1. The van der Waals surface area contributed by atoms with E-state index in [2.05, 4.69) is 20.4 Å². The number of carbonyl (C=O) groups is 1. The molecule has 0 saturated carbocycles. The van der Waals surface area contributed by atoms with Gasteiger partial charge in [-0.25, -0.2) is 0 Å². The molecule has 6 nitrogen and oxygen atoms in total. The molecule has 1 aliphatic heterocycles. The van der Waals surface area contributed by atoms with Crippen molar-refractivity contribution in [1.82, 2.24) is 15.5 Å². The summed E-state index contributed by atoms with van der Waals surface area (Å²) in [6.07, 6.45) is 2.61. The van der Waals surface area contributed by atoms with Crippen LogP contribution in [-0.4, -0.2) is 42.8 Å². The Balaban J connectivity index is 1.31. The number of amides is 1. The highest BCUT2D eigenvalue weighted by Gasteiger charge is 2.26. The SMILES string of the molecule is COc1cccc(CCNC(=O)C2CCCN(c3ccc(-c4ccc(Cl)cc4)nn3)C2)c1. The van der Waals surface area contributed by atoms with Crippen LogP contribution in [0.1, 0.15) is 18.4 Å². The monoisotopic (exact) mass is 450 g/mol. The summed E-state index contributed by atoms with van der Waals surface area (Å²) >= 11 is 5.96. The predicted molar refractivity (Wildman–Crippen MR) is 127 cm³/mol. The number of nitrogens with zero attached hydrogens (tertiary/aromatic N) is 3. The summed E-state index contributed by atoms with van der Waals surface area (Å²) in [6.45, 7) is 2.14. The van der Waals surface area contributed by atoms with Crippen LogP contribution < -0.4 is 15.0 Å². The first-order valence-corrected chi connectivity index (χ1v) is 11.3. The first-order valence-electron chi connectivity index (χ1n) is 10.9. The van der Waals surface area contributed by atoms with E-state index in [0.717, 1.165) is 54.2 Å². The van der Waals surface area contributed by atoms with Gasteiger partial charge in [0, 0.05) is 30.2 Å². The number of rotatable bonds is 7. The molecule has 1 aromatic heterocycles. The van der Waals surface area contributed by atoms with Gasteiger partial charge >= 0.3 is 0 Å². The van der Waals surface area contributed by atoms with Crippen molar-refractivity contribution in [2.75, 3.05) is 31.6 Å². The van der Waals surface area contributed by atoms with Crippen LogP contribution in [0.3, 0.4) is 0 Å². The number of nitrogens with one attached hydrogen (secondary N) is 1. The van der Waals surface area contributed by atoms with E-state index in [1.54, 1.807) is 7.11 Å². The molecule has 2 aromatic carbocycles. The number of anilines is 1. The average Bonchev–Trinajstić information content (AvgIpc) is 2.85. The minimum absolute atomic E-state index is 0.0493. The lowest BCUT2D eigenvalue weighted by Crippen LogP contribution is -2.43. The van der Waals surface area contributed by atoms with Crippen LogP contribution in [0.2, 0.25) is 5.02 Å². The minimum atomic E-state index is -0.0493. The zero-order valence-electron chi connectivity index (χ0n) is 18.1. The van der Waals surface area contributed by atoms with Crippen molar-refractivity contribution in [1.29, 1.82) is 0 Å². The second-order valence-corrected chi connectivity index (χ2v) is 8.40. The predicted octanol–water partition coefficient (Wildman–Crippen LogP) is 4.38. The molecule has 0 spiro atoms. The topological polar surface area (TPSA) is 67.3 Å². The van der Waals surface area contributed by atoms with Crippen molar-refractivity contribution in [2.24, 2.45) is 5.92 Å². The van der Waals surface area contributed by atoms with E-state index in [-0.39, 0.29) is 11.8 Å². The Morgan fingerprint density at radius 3 is 2.75 bits per heavy atom. The van der Waals surface area contributed by atoms with Crippen molar-refractivity contribution in [3.63, 3.8) is 0 Å². The number of methoxy groups -OCH3 is 1. The summed E-state index contributed by atoms with van der Waals surface area (Å²) in [4.78, 5) is 14.9. The fraction of sp³-hybridized carbons (Fsp3) is 0.320. The Bertz CT molecular complexity index is 1040. The van der Waals surface area contributed by atoms with Crippen molar-refractivity contribution >= 4 is 23.3 Å². The molecule has 0 bridgehead atoms. The molecule has 1 unspecified atom stereocenters. The molecule has 166 valence electrons. The van der Waals surface area contributed by atoms with Crippen LogP contribution in [-0.2, 0) is 11.2 Å². The van der Waals surface area contributed by atoms with Crippen LogP contribution in [0.4, 0.5) is 5.82 Å². The number of halogens is 1. The van der Waals surface area contributed by atoms with Gasteiger partial charge in [-0.2, -0.15) is 0 Å². The molecule has 2 heterocycles. The molecule has 1 atom stereocenters. The second kappa shape index (κ2) is 10.5. The number of ether oxygens (including phenoxy) is 1. The highest BCUT2D eigenvalue weighted by atomic mass is 35.5. The van der Waals surface area contributed by atoms with Gasteiger partial charge in [0.25, 0.3) is 0 Å². The van der Waals surface area contributed by atoms with E-state index in [4.69, 9.17) is 16.3 Å². The quantitative estimate of drug-likeness (QED) is 0.578. The number of hydrogen-bond acceptors (Lipinski definition) is 5. The lowest BCUT2D eigenvalue weighted by Gasteiger charge is -2.32. The molecular weight excluding hydrogens is 424 g/mol. The molecule has 1 N–H and O–H groups in total. The largest absolute Gasteiger partial charge is 0.497 e. The Kier molecular flexibility index (Phi) is 7.22. The molecule has 4 rings (SSSR count). The fourth-order valence-electron chi connectivity index (χ4n) is 3.97. The van der Waals surface area contributed by atoms with Gasteiger partial charge in [0.05, 0.1) is 18.7 Å². The summed E-state index contributed by atoms with van der Waals surface area (Å²) in [7, 11) is 1.66. The van der Waals surface area contributed by atoms with E-state index < -0.39 is 0 Å². The third kappa shape index (κ3) is 5.56. The van der Waals surface area contributed by atoms with Gasteiger partial charge < -0.3 is 15.0 Å². The third-order valence-electron chi connectivity index (χ3n) is 5.75. The first-order chi connectivity index (χ1) is 15.6. The van der Waals surface area contributed by atoms with Gasteiger partial charge in [-0.05, 0) is 61.2 Å². The number of aromatic nitrogens is 2. The highest BCUT2D eigenvalue weighted by Crippen LogP contribution is 2.24.